The normalized spacial score (nSPS) is 11.9. The third-order valence-corrected chi connectivity index (χ3v) is 4.55. The van der Waals surface area contributed by atoms with E-state index < -0.39 is 5.97 Å². The van der Waals surface area contributed by atoms with E-state index in [0.29, 0.717) is 5.75 Å². The summed E-state index contributed by atoms with van der Waals surface area (Å²) >= 11 is 0. The summed E-state index contributed by atoms with van der Waals surface area (Å²) in [5.74, 6) is -0.299. The fraction of sp³-hybridized carbons (Fsp3) is 0.167. The molecule has 1 N–H and O–H groups in total. The average molecular weight is 389 g/mol. The predicted octanol–water partition coefficient (Wildman–Crippen LogP) is 4.28. The lowest BCUT2D eigenvalue weighted by molar-refractivity contribution is -0.144. The summed E-state index contributed by atoms with van der Waals surface area (Å²) in [4.78, 5) is 24.1. The van der Waals surface area contributed by atoms with Crippen LogP contribution in [0, 0.1) is 0 Å². The Bertz CT molecular complexity index is 1040. The van der Waals surface area contributed by atoms with Gasteiger partial charge in [0.25, 0.3) is 5.91 Å². The number of nitrogens with one attached hydrogen (secondary N) is 1. The van der Waals surface area contributed by atoms with Crippen LogP contribution in [0.3, 0.4) is 0 Å². The van der Waals surface area contributed by atoms with Crippen molar-refractivity contribution >= 4 is 28.7 Å². The van der Waals surface area contributed by atoms with E-state index in [1.807, 2.05) is 67.6 Å². The quantitative estimate of drug-likeness (QED) is 0.484. The first kappa shape index (κ1) is 20.1. The first-order chi connectivity index (χ1) is 14.1. The Kier molecular flexibility index (Phi) is 6.63. The topological polar surface area (TPSA) is 64.6 Å². The van der Waals surface area contributed by atoms with Crippen LogP contribution in [0.2, 0.25) is 0 Å². The van der Waals surface area contributed by atoms with Gasteiger partial charge in [0.1, 0.15) is 5.75 Å². The van der Waals surface area contributed by atoms with Gasteiger partial charge in [-0.1, -0.05) is 60.7 Å². The third kappa shape index (κ3) is 5.23. The highest BCUT2D eigenvalue weighted by atomic mass is 16.5. The molecule has 0 aliphatic carbocycles. The number of carbonyl (C=O) groups excluding carboxylic acids is 2. The smallest absolute Gasteiger partial charge is 0.331 e. The molecule has 3 rings (SSSR count). The van der Waals surface area contributed by atoms with E-state index in [1.54, 1.807) is 19.3 Å². The van der Waals surface area contributed by atoms with Crippen LogP contribution in [-0.2, 0) is 14.3 Å². The maximum atomic E-state index is 12.2. The zero-order valence-corrected chi connectivity index (χ0v) is 16.4. The van der Waals surface area contributed by atoms with E-state index >= 15 is 0 Å². The van der Waals surface area contributed by atoms with E-state index in [2.05, 4.69) is 5.32 Å². The molecule has 0 unspecified atom stereocenters. The van der Waals surface area contributed by atoms with Crippen molar-refractivity contribution in [1.82, 2.24) is 5.32 Å². The van der Waals surface area contributed by atoms with Gasteiger partial charge >= 0.3 is 5.97 Å². The van der Waals surface area contributed by atoms with E-state index in [1.165, 1.54) is 6.08 Å². The second-order valence-electron chi connectivity index (χ2n) is 6.54. The molecule has 0 fully saturated rings. The fourth-order valence-electron chi connectivity index (χ4n) is 3.14. The van der Waals surface area contributed by atoms with Crippen molar-refractivity contribution in [1.29, 1.82) is 0 Å². The number of rotatable bonds is 7. The minimum atomic E-state index is -0.594. The van der Waals surface area contributed by atoms with Crippen LogP contribution in [-0.4, -0.2) is 25.6 Å². The van der Waals surface area contributed by atoms with Crippen LogP contribution in [0.15, 0.2) is 72.8 Å². The molecule has 3 aromatic rings. The molecule has 3 aromatic carbocycles. The van der Waals surface area contributed by atoms with Gasteiger partial charge in [0.15, 0.2) is 6.61 Å². The van der Waals surface area contributed by atoms with Gasteiger partial charge in [-0.25, -0.2) is 4.79 Å². The molecular formula is C24H23NO4. The molecule has 148 valence electrons. The van der Waals surface area contributed by atoms with Gasteiger partial charge in [0, 0.05) is 11.6 Å². The van der Waals surface area contributed by atoms with Crippen molar-refractivity contribution < 1.29 is 19.1 Å². The molecule has 0 saturated heterocycles. The number of fused-ring (bicyclic) bond motifs is 1. The summed E-state index contributed by atoms with van der Waals surface area (Å²) in [5.41, 5.74) is 1.76. The van der Waals surface area contributed by atoms with E-state index in [-0.39, 0.29) is 18.6 Å². The standard InChI is InChI=1S/C24H23NO4/c1-17(20-12-7-10-18-8-3-5-11-21(18)20)25-23(26)16-29-24(27)15-14-19-9-4-6-13-22(19)28-2/h3-15,17H,16H2,1-2H3,(H,25,26)/b15-14+/t17-/m0/s1. The van der Waals surface area contributed by atoms with Gasteiger partial charge in [-0.2, -0.15) is 0 Å². The van der Waals surface area contributed by atoms with Gasteiger partial charge in [-0.05, 0) is 35.4 Å². The monoisotopic (exact) mass is 389 g/mol. The molecule has 0 bridgehead atoms. The van der Waals surface area contributed by atoms with Gasteiger partial charge in [-0.3, -0.25) is 4.79 Å². The molecule has 5 nitrogen and oxygen atoms in total. The Morgan fingerprint density at radius 2 is 1.72 bits per heavy atom. The number of para-hydroxylation sites is 1. The summed E-state index contributed by atoms with van der Waals surface area (Å²) < 4.78 is 10.3. The SMILES string of the molecule is COc1ccccc1/C=C/C(=O)OCC(=O)N[C@@H](C)c1cccc2ccccc12. The summed E-state index contributed by atoms with van der Waals surface area (Å²) in [7, 11) is 1.56. The largest absolute Gasteiger partial charge is 0.496 e. The van der Waals surface area contributed by atoms with Gasteiger partial charge in [0.05, 0.1) is 13.2 Å². The molecule has 0 saturated carbocycles. The van der Waals surface area contributed by atoms with Crippen LogP contribution < -0.4 is 10.1 Å². The van der Waals surface area contributed by atoms with Gasteiger partial charge < -0.3 is 14.8 Å². The van der Waals surface area contributed by atoms with Crippen LogP contribution in [0.1, 0.15) is 24.1 Å². The van der Waals surface area contributed by atoms with Crippen molar-refractivity contribution in [3.8, 4) is 5.75 Å². The number of esters is 1. The highest BCUT2D eigenvalue weighted by Gasteiger charge is 2.13. The van der Waals surface area contributed by atoms with Crippen LogP contribution in [0.25, 0.3) is 16.8 Å². The lowest BCUT2D eigenvalue weighted by atomic mass is 10.00. The number of carbonyl (C=O) groups is 2. The van der Waals surface area contributed by atoms with Crippen molar-refractivity contribution in [2.75, 3.05) is 13.7 Å². The van der Waals surface area contributed by atoms with Crippen molar-refractivity contribution in [3.05, 3.63) is 83.9 Å². The first-order valence-electron chi connectivity index (χ1n) is 9.33. The predicted molar refractivity (Wildman–Crippen MR) is 113 cm³/mol. The molecule has 0 radical (unpaired) electrons. The van der Waals surface area contributed by atoms with E-state index in [4.69, 9.17) is 9.47 Å². The molecule has 5 heteroatoms. The number of methoxy groups -OCH3 is 1. The number of amides is 1. The summed E-state index contributed by atoms with van der Waals surface area (Å²) in [6.45, 7) is 1.56. The third-order valence-electron chi connectivity index (χ3n) is 4.55. The minimum Gasteiger partial charge on any atom is -0.496 e. The minimum absolute atomic E-state index is 0.212. The fourth-order valence-corrected chi connectivity index (χ4v) is 3.14. The van der Waals surface area contributed by atoms with Gasteiger partial charge in [0.2, 0.25) is 0 Å². The van der Waals surface area contributed by atoms with E-state index in [9.17, 15) is 9.59 Å². The molecule has 0 spiro atoms. The summed E-state index contributed by atoms with van der Waals surface area (Å²) in [6, 6.07) is 21.1. The second kappa shape index (κ2) is 9.55. The molecule has 0 aromatic heterocycles. The van der Waals surface area contributed by atoms with Gasteiger partial charge in [-0.15, -0.1) is 0 Å². The van der Waals surface area contributed by atoms with Crippen LogP contribution >= 0.6 is 0 Å². The van der Waals surface area contributed by atoms with Crippen LogP contribution in [0.4, 0.5) is 0 Å². The van der Waals surface area contributed by atoms with Crippen molar-refractivity contribution in [3.63, 3.8) is 0 Å². The summed E-state index contributed by atoms with van der Waals surface area (Å²) in [6.07, 6.45) is 2.87. The Morgan fingerprint density at radius 1 is 1.00 bits per heavy atom. The summed E-state index contributed by atoms with van der Waals surface area (Å²) in [5, 5.41) is 5.07. The highest BCUT2D eigenvalue weighted by Crippen LogP contribution is 2.24. The molecule has 0 aliphatic rings. The number of hydrogen-bond acceptors (Lipinski definition) is 4. The lowest BCUT2D eigenvalue weighted by Gasteiger charge is -2.16. The first-order valence-corrected chi connectivity index (χ1v) is 9.33. The number of ether oxygens (including phenoxy) is 2. The second-order valence-corrected chi connectivity index (χ2v) is 6.54. The molecule has 0 aliphatic heterocycles. The zero-order valence-electron chi connectivity index (χ0n) is 16.4. The Morgan fingerprint density at radius 3 is 2.55 bits per heavy atom. The molecule has 0 heterocycles. The number of benzene rings is 3. The Balaban J connectivity index is 1.55. The maximum Gasteiger partial charge on any atom is 0.331 e. The van der Waals surface area contributed by atoms with E-state index in [0.717, 1.165) is 21.9 Å². The Labute approximate surface area is 170 Å². The average Bonchev–Trinajstić information content (AvgIpc) is 2.76. The van der Waals surface area contributed by atoms with Crippen molar-refractivity contribution in [2.45, 2.75) is 13.0 Å². The molecule has 29 heavy (non-hydrogen) atoms. The molecular weight excluding hydrogens is 366 g/mol. The van der Waals surface area contributed by atoms with Crippen LogP contribution in [0.5, 0.6) is 5.75 Å². The lowest BCUT2D eigenvalue weighted by Crippen LogP contribution is -2.31. The number of hydrogen-bond donors (Lipinski definition) is 1. The Hall–Kier alpha value is -3.60. The maximum absolute atomic E-state index is 12.2. The highest BCUT2D eigenvalue weighted by molar-refractivity contribution is 5.90. The zero-order chi connectivity index (χ0) is 20.6. The van der Waals surface area contributed by atoms with Crippen molar-refractivity contribution in [2.24, 2.45) is 0 Å². The molecule has 1 atom stereocenters. The molecule has 1 amide bonds.